The summed E-state index contributed by atoms with van der Waals surface area (Å²) >= 11 is 1.85. The third-order valence-corrected chi connectivity index (χ3v) is 3.23. The van der Waals surface area contributed by atoms with Gasteiger partial charge in [0.2, 0.25) is 0 Å². The van der Waals surface area contributed by atoms with E-state index >= 15 is 0 Å². The zero-order valence-corrected chi connectivity index (χ0v) is 8.34. The molecule has 0 aliphatic heterocycles. The van der Waals surface area contributed by atoms with Gasteiger partial charge < -0.3 is 0 Å². The fraction of sp³-hybridized carbons (Fsp3) is 0.182. The Morgan fingerprint density at radius 3 is 2.85 bits per heavy atom. The van der Waals surface area contributed by atoms with Gasteiger partial charge in [-0.1, -0.05) is 13.0 Å². The molecule has 0 aliphatic rings. The number of rotatable bonds is 2. The average molecular weight is 189 g/mol. The summed E-state index contributed by atoms with van der Waals surface area (Å²) in [5.41, 5.74) is 1.22. The molecule has 0 aliphatic carbocycles. The minimum Gasteiger partial charge on any atom is -0.264 e. The molecule has 0 aromatic carbocycles. The molecule has 2 heteroatoms. The fourth-order valence-electron chi connectivity index (χ4n) is 1.23. The van der Waals surface area contributed by atoms with Crippen LogP contribution in [-0.4, -0.2) is 4.98 Å². The lowest BCUT2D eigenvalue weighted by molar-refractivity contribution is 1.19. The zero-order chi connectivity index (χ0) is 9.10. The van der Waals surface area contributed by atoms with Crippen LogP contribution >= 0.6 is 11.3 Å². The second kappa shape index (κ2) is 3.71. The van der Waals surface area contributed by atoms with Gasteiger partial charge in [-0.15, -0.1) is 11.3 Å². The molecule has 0 bridgehead atoms. The minimum absolute atomic E-state index is 1.12. The molecule has 66 valence electrons. The van der Waals surface area contributed by atoms with E-state index in [1.165, 1.54) is 15.3 Å². The molecule has 13 heavy (non-hydrogen) atoms. The standard InChI is InChI=1S/C11H11NS/c1-2-10-5-6-11(13-10)9-4-3-7-12-8-9/h3-8H,2H2,1H3. The van der Waals surface area contributed by atoms with E-state index in [2.05, 4.69) is 30.1 Å². The molecule has 0 unspecified atom stereocenters. The molecule has 2 heterocycles. The molecular formula is C11H11NS. The normalized spacial score (nSPS) is 10.2. The van der Waals surface area contributed by atoms with Gasteiger partial charge in [0, 0.05) is 27.7 Å². The van der Waals surface area contributed by atoms with Crippen molar-refractivity contribution in [1.82, 2.24) is 4.98 Å². The highest BCUT2D eigenvalue weighted by atomic mass is 32.1. The van der Waals surface area contributed by atoms with Gasteiger partial charge in [-0.2, -0.15) is 0 Å². The van der Waals surface area contributed by atoms with Crippen LogP contribution in [0.25, 0.3) is 10.4 Å². The van der Waals surface area contributed by atoms with Crippen molar-refractivity contribution >= 4 is 11.3 Å². The number of aromatic nitrogens is 1. The minimum atomic E-state index is 1.12. The van der Waals surface area contributed by atoms with Crippen molar-refractivity contribution < 1.29 is 0 Å². The monoisotopic (exact) mass is 189 g/mol. The van der Waals surface area contributed by atoms with Gasteiger partial charge in [0.05, 0.1) is 0 Å². The maximum absolute atomic E-state index is 4.10. The van der Waals surface area contributed by atoms with Crippen LogP contribution in [0.1, 0.15) is 11.8 Å². The Morgan fingerprint density at radius 2 is 2.23 bits per heavy atom. The first-order chi connectivity index (χ1) is 6.40. The van der Waals surface area contributed by atoms with Gasteiger partial charge in [0.1, 0.15) is 0 Å². The van der Waals surface area contributed by atoms with Gasteiger partial charge in [-0.05, 0) is 24.6 Å². The SMILES string of the molecule is CCc1ccc(-c2cccnc2)s1. The third kappa shape index (κ3) is 1.78. The quantitative estimate of drug-likeness (QED) is 0.705. The molecule has 0 spiro atoms. The lowest BCUT2D eigenvalue weighted by atomic mass is 10.2. The fourth-order valence-corrected chi connectivity index (χ4v) is 2.17. The van der Waals surface area contributed by atoms with Gasteiger partial charge in [-0.3, -0.25) is 4.98 Å². The number of pyridine rings is 1. The second-order valence-electron chi connectivity index (χ2n) is 2.86. The van der Waals surface area contributed by atoms with E-state index in [0.717, 1.165) is 6.42 Å². The predicted octanol–water partition coefficient (Wildman–Crippen LogP) is 3.37. The van der Waals surface area contributed by atoms with Crippen molar-refractivity contribution in [1.29, 1.82) is 0 Å². The number of thiophene rings is 1. The van der Waals surface area contributed by atoms with Crippen LogP contribution in [-0.2, 0) is 6.42 Å². The van der Waals surface area contributed by atoms with Crippen LogP contribution in [0.5, 0.6) is 0 Å². The maximum Gasteiger partial charge on any atom is 0.0361 e. The van der Waals surface area contributed by atoms with Crippen molar-refractivity contribution in [3.8, 4) is 10.4 Å². The van der Waals surface area contributed by atoms with Crippen LogP contribution < -0.4 is 0 Å². The second-order valence-corrected chi connectivity index (χ2v) is 4.03. The van der Waals surface area contributed by atoms with E-state index < -0.39 is 0 Å². The van der Waals surface area contributed by atoms with Gasteiger partial charge in [-0.25, -0.2) is 0 Å². The Balaban J connectivity index is 2.36. The molecule has 0 radical (unpaired) electrons. The van der Waals surface area contributed by atoms with E-state index in [-0.39, 0.29) is 0 Å². The molecule has 0 saturated carbocycles. The summed E-state index contributed by atoms with van der Waals surface area (Å²) in [7, 11) is 0. The van der Waals surface area contributed by atoms with Crippen LogP contribution in [0.3, 0.4) is 0 Å². The summed E-state index contributed by atoms with van der Waals surface area (Å²) < 4.78 is 0. The maximum atomic E-state index is 4.10. The van der Waals surface area contributed by atoms with E-state index in [0.29, 0.717) is 0 Å². The van der Waals surface area contributed by atoms with E-state index in [4.69, 9.17) is 0 Å². The predicted molar refractivity (Wildman–Crippen MR) is 56.9 cm³/mol. The number of hydrogen-bond acceptors (Lipinski definition) is 2. The topological polar surface area (TPSA) is 12.9 Å². The third-order valence-electron chi connectivity index (χ3n) is 1.96. The average Bonchev–Trinajstić information content (AvgIpc) is 2.67. The lowest BCUT2D eigenvalue weighted by Crippen LogP contribution is -1.72. The first kappa shape index (κ1) is 8.45. The Hall–Kier alpha value is -1.15. The summed E-state index contributed by atoms with van der Waals surface area (Å²) in [6.07, 6.45) is 4.83. The Bertz CT molecular complexity index is 378. The summed E-state index contributed by atoms with van der Waals surface area (Å²) in [5.74, 6) is 0. The van der Waals surface area contributed by atoms with Gasteiger partial charge >= 0.3 is 0 Å². The van der Waals surface area contributed by atoms with Crippen molar-refractivity contribution in [3.63, 3.8) is 0 Å². The molecule has 2 aromatic heterocycles. The number of aryl methyl sites for hydroxylation is 1. The van der Waals surface area contributed by atoms with Gasteiger partial charge in [0.15, 0.2) is 0 Å². The van der Waals surface area contributed by atoms with E-state index in [9.17, 15) is 0 Å². The molecular weight excluding hydrogens is 178 g/mol. The van der Waals surface area contributed by atoms with Crippen molar-refractivity contribution in [3.05, 3.63) is 41.5 Å². The first-order valence-corrected chi connectivity index (χ1v) is 5.21. The van der Waals surface area contributed by atoms with Gasteiger partial charge in [0.25, 0.3) is 0 Å². The highest BCUT2D eigenvalue weighted by Crippen LogP contribution is 2.27. The molecule has 0 saturated heterocycles. The smallest absolute Gasteiger partial charge is 0.0361 e. The highest BCUT2D eigenvalue weighted by molar-refractivity contribution is 7.15. The molecule has 2 rings (SSSR count). The Kier molecular flexibility index (Phi) is 2.41. The molecule has 0 N–H and O–H groups in total. The summed E-state index contributed by atoms with van der Waals surface area (Å²) in [6.45, 7) is 2.18. The Labute approximate surface area is 82.1 Å². The first-order valence-electron chi connectivity index (χ1n) is 4.39. The molecule has 2 aromatic rings. The highest BCUT2D eigenvalue weighted by Gasteiger charge is 2.00. The largest absolute Gasteiger partial charge is 0.264 e. The number of nitrogens with zero attached hydrogens (tertiary/aromatic N) is 1. The van der Waals surface area contributed by atoms with Crippen molar-refractivity contribution in [2.45, 2.75) is 13.3 Å². The number of hydrogen-bond donors (Lipinski definition) is 0. The summed E-state index contributed by atoms with van der Waals surface area (Å²) in [6, 6.07) is 8.42. The van der Waals surface area contributed by atoms with Crippen LogP contribution in [0.2, 0.25) is 0 Å². The van der Waals surface area contributed by atoms with Crippen molar-refractivity contribution in [2.24, 2.45) is 0 Å². The van der Waals surface area contributed by atoms with E-state index in [1.807, 2.05) is 23.6 Å². The zero-order valence-electron chi connectivity index (χ0n) is 7.53. The van der Waals surface area contributed by atoms with E-state index in [1.54, 1.807) is 6.20 Å². The Morgan fingerprint density at radius 1 is 1.31 bits per heavy atom. The molecule has 0 atom stereocenters. The van der Waals surface area contributed by atoms with Crippen molar-refractivity contribution in [2.75, 3.05) is 0 Å². The van der Waals surface area contributed by atoms with Crippen LogP contribution in [0, 0.1) is 0 Å². The molecule has 1 nitrogen and oxygen atoms in total. The van der Waals surface area contributed by atoms with Crippen LogP contribution in [0.15, 0.2) is 36.7 Å². The van der Waals surface area contributed by atoms with Crippen LogP contribution in [0.4, 0.5) is 0 Å². The summed E-state index contributed by atoms with van der Waals surface area (Å²) in [4.78, 5) is 6.84. The summed E-state index contributed by atoms with van der Waals surface area (Å²) in [5, 5.41) is 0. The molecule has 0 amide bonds. The lowest BCUT2D eigenvalue weighted by Gasteiger charge is -1.93. The molecule has 0 fully saturated rings.